The van der Waals surface area contributed by atoms with Gasteiger partial charge in [0.05, 0.1) is 7.11 Å². The Kier molecular flexibility index (Phi) is 1.99. The monoisotopic (exact) mass is 215 g/mol. The average Bonchev–Trinajstić information content (AvgIpc) is 2.70. The van der Waals surface area contributed by atoms with E-state index in [1.165, 1.54) is 18.2 Å². The quantitative estimate of drug-likeness (QED) is 0.729. The summed E-state index contributed by atoms with van der Waals surface area (Å²) in [6, 6.07) is 5.88. The minimum atomic E-state index is -0.230. The van der Waals surface area contributed by atoms with Crippen LogP contribution in [0.4, 0.5) is 5.69 Å². The normalized spacial score (nSPS) is 24.8. The highest BCUT2D eigenvalue weighted by molar-refractivity contribution is 5.86. The number of allylic oxidation sites excluding steroid dienone is 1. The Balaban J connectivity index is 2.07. The van der Waals surface area contributed by atoms with Crippen molar-refractivity contribution in [3.8, 4) is 0 Å². The summed E-state index contributed by atoms with van der Waals surface area (Å²) in [6.07, 6.45) is 5.15. The molecule has 0 radical (unpaired) electrons. The zero-order valence-electron chi connectivity index (χ0n) is 9.07. The summed E-state index contributed by atoms with van der Waals surface area (Å²) in [7, 11) is 1.44. The van der Waals surface area contributed by atoms with E-state index in [0.717, 1.165) is 12.1 Å². The molecule has 1 N–H and O–H groups in total. The summed E-state index contributed by atoms with van der Waals surface area (Å²) in [4.78, 5) is 11.7. The molecule has 0 bridgehead atoms. The lowest BCUT2D eigenvalue weighted by atomic mass is 9.85. The van der Waals surface area contributed by atoms with Crippen LogP contribution in [-0.2, 0) is 9.53 Å². The fourth-order valence-corrected chi connectivity index (χ4v) is 2.65. The van der Waals surface area contributed by atoms with Crippen LogP contribution in [0.15, 0.2) is 24.3 Å². The number of nitrogens with one attached hydrogen (secondary N) is 1. The van der Waals surface area contributed by atoms with Crippen molar-refractivity contribution in [1.29, 1.82) is 0 Å². The number of methoxy groups -OCH3 is 1. The Bertz CT molecular complexity index is 479. The van der Waals surface area contributed by atoms with Crippen molar-refractivity contribution in [2.75, 3.05) is 12.4 Å². The van der Waals surface area contributed by atoms with Crippen LogP contribution >= 0.6 is 0 Å². The summed E-state index contributed by atoms with van der Waals surface area (Å²) in [6.45, 7) is 0. The summed E-state index contributed by atoms with van der Waals surface area (Å²) < 4.78 is 4.84. The molecule has 16 heavy (non-hydrogen) atoms. The van der Waals surface area contributed by atoms with Crippen molar-refractivity contribution in [3.63, 3.8) is 0 Å². The Hall–Kier alpha value is -1.77. The average molecular weight is 215 g/mol. The van der Waals surface area contributed by atoms with E-state index >= 15 is 0 Å². The molecule has 1 aliphatic carbocycles. The smallest absolute Gasteiger partial charge is 0.328 e. The molecule has 0 saturated heterocycles. The van der Waals surface area contributed by atoms with Gasteiger partial charge in [0, 0.05) is 11.6 Å². The maximum atomic E-state index is 11.7. The molecule has 2 aliphatic rings. The third-order valence-electron chi connectivity index (χ3n) is 3.37. The van der Waals surface area contributed by atoms with Crippen molar-refractivity contribution in [3.05, 3.63) is 35.4 Å². The lowest BCUT2D eigenvalue weighted by Gasteiger charge is -2.20. The van der Waals surface area contributed by atoms with Gasteiger partial charge in [0.15, 0.2) is 0 Å². The number of carbonyl (C=O) groups excluding carboxylic acids is 1. The van der Waals surface area contributed by atoms with Crippen LogP contribution < -0.4 is 5.32 Å². The van der Waals surface area contributed by atoms with E-state index in [1.807, 2.05) is 12.1 Å². The van der Waals surface area contributed by atoms with Crippen LogP contribution in [-0.4, -0.2) is 19.1 Å². The molecule has 3 rings (SSSR count). The summed E-state index contributed by atoms with van der Waals surface area (Å²) in [5.74, 6) is 0.0473. The van der Waals surface area contributed by atoms with Gasteiger partial charge in [-0.25, -0.2) is 4.79 Å². The molecule has 3 heteroatoms. The summed E-state index contributed by atoms with van der Waals surface area (Å²) in [5, 5.41) is 3.25. The minimum Gasteiger partial charge on any atom is -0.467 e. The largest absolute Gasteiger partial charge is 0.467 e. The second-order valence-electron chi connectivity index (χ2n) is 4.20. The van der Waals surface area contributed by atoms with E-state index in [1.54, 1.807) is 0 Å². The number of ether oxygens (including phenoxy) is 1. The van der Waals surface area contributed by atoms with Gasteiger partial charge >= 0.3 is 5.97 Å². The van der Waals surface area contributed by atoms with Gasteiger partial charge in [-0.15, -0.1) is 0 Å². The molecule has 0 amide bonds. The molecule has 1 aromatic carbocycles. The Morgan fingerprint density at radius 1 is 1.50 bits per heavy atom. The highest BCUT2D eigenvalue weighted by atomic mass is 16.5. The van der Waals surface area contributed by atoms with Gasteiger partial charge in [-0.2, -0.15) is 0 Å². The van der Waals surface area contributed by atoms with Crippen LogP contribution in [0.1, 0.15) is 23.5 Å². The van der Waals surface area contributed by atoms with Crippen LogP contribution in [0, 0.1) is 0 Å². The first-order valence-corrected chi connectivity index (χ1v) is 5.45. The van der Waals surface area contributed by atoms with E-state index in [4.69, 9.17) is 4.74 Å². The van der Waals surface area contributed by atoms with Crippen molar-refractivity contribution < 1.29 is 9.53 Å². The Labute approximate surface area is 94.1 Å². The van der Waals surface area contributed by atoms with E-state index in [0.29, 0.717) is 0 Å². The third kappa shape index (κ3) is 1.18. The molecule has 2 atom stereocenters. The van der Waals surface area contributed by atoms with Gasteiger partial charge < -0.3 is 10.1 Å². The van der Waals surface area contributed by atoms with Gasteiger partial charge in [0.1, 0.15) is 6.04 Å². The van der Waals surface area contributed by atoms with Gasteiger partial charge in [-0.3, -0.25) is 0 Å². The highest BCUT2D eigenvalue weighted by Crippen LogP contribution is 2.43. The molecule has 1 heterocycles. The zero-order chi connectivity index (χ0) is 11.1. The molecular formula is C13H13NO2. The predicted octanol–water partition coefficient (Wildman–Crippen LogP) is 2.15. The number of carbonyl (C=O) groups is 1. The maximum absolute atomic E-state index is 11.7. The number of anilines is 1. The lowest BCUT2D eigenvalue weighted by Crippen LogP contribution is -2.31. The van der Waals surface area contributed by atoms with Crippen LogP contribution in [0.2, 0.25) is 0 Å². The van der Waals surface area contributed by atoms with E-state index in [9.17, 15) is 4.79 Å². The first-order valence-electron chi connectivity index (χ1n) is 5.45. The fourth-order valence-electron chi connectivity index (χ4n) is 2.65. The molecule has 0 saturated carbocycles. The second kappa shape index (κ2) is 3.37. The first-order chi connectivity index (χ1) is 7.81. The molecule has 0 fully saturated rings. The molecule has 2 unspecified atom stereocenters. The maximum Gasteiger partial charge on any atom is 0.328 e. The van der Waals surface area contributed by atoms with Gasteiger partial charge in [-0.1, -0.05) is 24.3 Å². The molecule has 0 spiro atoms. The van der Waals surface area contributed by atoms with E-state index in [2.05, 4.69) is 23.5 Å². The molecule has 1 aromatic rings. The van der Waals surface area contributed by atoms with Gasteiger partial charge in [-0.05, 0) is 23.6 Å². The summed E-state index contributed by atoms with van der Waals surface area (Å²) in [5.41, 5.74) is 3.55. The fraction of sp³-hybridized carbons (Fsp3) is 0.308. The van der Waals surface area contributed by atoms with Gasteiger partial charge in [0.25, 0.3) is 0 Å². The van der Waals surface area contributed by atoms with Crippen LogP contribution in [0.3, 0.4) is 0 Å². The summed E-state index contributed by atoms with van der Waals surface area (Å²) >= 11 is 0. The SMILES string of the molecule is COC(=O)C1Nc2cccc3c2C1CC=C3. The van der Waals surface area contributed by atoms with Crippen LogP contribution in [0.25, 0.3) is 6.08 Å². The topological polar surface area (TPSA) is 38.3 Å². The Morgan fingerprint density at radius 3 is 3.19 bits per heavy atom. The molecule has 1 aliphatic heterocycles. The molecule has 0 aromatic heterocycles. The first kappa shape index (κ1) is 9.46. The number of esters is 1. The predicted molar refractivity (Wildman–Crippen MR) is 62.3 cm³/mol. The standard InChI is InChI=1S/C13H13NO2/c1-16-13(15)12-9-6-2-4-8-5-3-7-10(14-12)11(8)9/h2-5,7,9,12,14H,6H2,1H3. The van der Waals surface area contributed by atoms with E-state index < -0.39 is 0 Å². The third-order valence-corrected chi connectivity index (χ3v) is 3.37. The van der Waals surface area contributed by atoms with Crippen molar-refractivity contribution in [2.45, 2.75) is 18.4 Å². The molecular weight excluding hydrogens is 202 g/mol. The van der Waals surface area contributed by atoms with Crippen molar-refractivity contribution in [2.24, 2.45) is 0 Å². The number of hydrogen-bond acceptors (Lipinski definition) is 3. The minimum absolute atomic E-state index is 0.178. The second-order valence-corrected chi connectivity index (χ2v) is 4.20. The molecule has 3 nitrogen and oxygen atoms in total. The molecule has 82 valence electrons. The van der Waals surface area contributed by atoms with Crippen molar-refractivity contribution in [1.82, 2.24) is 0 Å². The number of rotatable bonds is 1. The van der Waals surface area contributed by atoms with Crippen molar-refractivity contribution >= 4 is 17.7 Å². The van der Waals surface area contributed by atoms with Gasteiger partial charge in [0.2, 0.25) is 0 Å². The number of benzene rings is 1. The highest BCUT2D eigenvalue weighted by Gasteiger charge is 2.39. The lowest BCUT2D eigenvalue weighted by molar-refractivity contribution is -0.141. The van der Waals surface area contributed by atoms with E-state index in [-0.39, 0.29) is 17.9 Å². The zero-order valence-corrected chi connectivity index (χ0v) is 9.07. The van der Waals surface area contributed by atoms with Crippen LogP contribution in [0.5, 0.6) is 0 Å². The Morgan fingerprint density at radius 2 is 2.38 bits per heavy atom. The number of hydrogen-bond donors (Lipinski definition) is 1.